The number of nitro groups is 1. The van der Waals surface area contributed by atoms with E-state index in [0.29, 0.717) is 18.8 Å². The number of nitrogens with one attached hydrogen (secondary N) is 1. The third kappa shape index (κ3) is 3.79. The molecule has 118 valence electrons. The number of hydrogen-bond donors (Lipinski definition) is 1. The van der Waals surface area contributed by atoms with Crippen molar-refractivity contribution in [2.45, 2.75) is 26.1 Å². The van der Waals surface area contributed by atoms with E-state index < -0.39 is 16.7 Å². The summed E-state index contributed by atoms with van der Waals surface area (Å²) in [6, 6.07) is 5.29. The Hall–Kier alpha value is -2.48. The van der Waals surface area contributed by atoms with Crippen LogP contribution in [-0.2, 0) is 14.3 Å². The Morgan fingerprint density at radius 2 is 1.77 bits per heavy atom. The molecule has 0 radical (unpaired) electrons. The predicted molar refractivity (Wildman–Crippen MR) is 78.3 cm³/mol. The predicted octanol–water partition coefficient (Wildman–Crippen LogP) is 1.17. The maximum Gasteiger partial charge on any atom is 0.313 e. The number of rotatable bonds is 2. The number of ether oxygens (including phenoxy) is 1. The molecule has 8 nitrogen and oxygen atoms in total. The van der Waals surface area contributed by atoms with Gasteiger partial charge in [0.15, 0.2) is 0 Å². The van der Waals surface area contributed by atoms with E-state index in [9.17, 15) is 19.7 Å². The molecular weight excluding hydrogens is 290 g/mol. The fraction of sp³-hybridized carbons (Fsp3) is 0.429. The van der Waals surface area contributed by atoms with Crippen molar-refractivity contribution < 1.29 is 19.2 Å². The van der Waals surface area contributed by atoms with Gasteiger partial charge in [-0.2, -0.15) is 0 Å². The van der Waals surface area contributed by atoms with Gasteiger partial charge in [-0.3, -0.25) is 19.7 Å². The molecule has 1 fully saturated rings. The molecular formula is C14H17N3O5. The van der Waals surface area contributed by atoms with E-state index in [1.165, 1.54) is 29.2 Å². The van der Waals surface area contributed by atoms with Crippen LogP contribution in [0.4, 0.5) is 11.4 Å². The first kappa shape index (κ1) is 15.9. The van der Waals surface area contributed by atoms with Crippen LogP contribution in [0.5, 0.6) is 0 Å². The maximum absolute atomic E-state index is 12.1. The number of nitrogens with zero attached hydrogens (tertiary/aromatic N) is 2. The molecule has 8 heteroatoms. The van der Waals surface area contributed by atoms with Gasteiger partial charge in [-0.25, -0.2) is 0 Å². The van der Waals surface area contributed by atoms with Gasteiger partial charge in [-0.1, -0.05) is 0 Å². The van der Waals surface area contributed by atoms with Crippen molar-refractivity contribution in [2.75, 3.05) is 18.4 Å². The van der Waals surface area contributed by atoms with Gasteiger partial charge < -0.3 is 15.0 Å². The van der Waals surface area contributed by atoms with Crippen LogP contribution >= 0.6 is 0 Å². The van der Waals surface area contributed by atoms with Crippen molar-refractivity contribution in [1.29, 1.82) is 0 Å². The van der Waals surface area contributed by atoms with Crippen LogP contribution in [0.2, 0.25) is 0 Å². The van der Waals surface area contributed by atoms with E-state index in [1.54, 1.807) is 0 Å². The summed E-state index contributed by atoms with van der Waals surface area (Å²) in [5, 5.41) is 13.0. The molecule has 1 heterocycles. The molecule has 1 aromatic rings. The van der Waals surface area contributed by atoms with Crippen molar-refractivity contribution in [3.8, 4) is 0 Å². The van der Waals surface area contributed by atoms with E-state index >= 15 is 0 Å². The molecule has 0 aromatic heterocycles. The molecule has 2 rings (SSSR count). The normalized spacial score (nSPS) is 21.3. The van der Waals surface area contributed by atoms with Gasteiger partial charge >= 0.3 is 11.8 Å². The molecule has 0 aliphatic carbocycles. The number of nitro benzene ring substituents is 1. The number of carbonyl (C=O) groups excluding carboxylic acids is 2. The number of amides is 2. The molecule has 0 spiro atoms. The first-order valence-electron chi connectivity index (χ1n) is 6.87. The summed E-state index contributed by atoms with van der Waals surface area (Å²) in [5.74, 6) is -1.41. The van der Waals surface area contributed by atoms with Gasteiger partial charge in [0.05, 0.1) is 17.1 Å². The zero-order valence-electron chi connectivity index (χ0n) is 12.3. The Kier molecular flexibility index (Phi) is 4.71. The minimum Gasteiger partial charge on any atom is -0.372 e. The summed E-state index contributed by atoms with van der Waals surface area (Å²) in [4.78, 5) is 35.6. The second-order valence-electron chi connectivity index (χ2n) is 5.23. The molecule has 1 saturated heterocycles. The van der Waals surface area contributed by atoms with Crippen LogP contribution in [-0.4, -0.2) is 46.9 Å². The third-order valence-corrected chi connectivity index (χ3v) is 3.24. The van der Waals surface area contributed by atoms with Gasteiger partial charge in [0.25, 0.3) is 5.69 Å². The number of benzene rings is 1. The zero-order chi connectivity index (χ0) is 16.3. The highest BCUT2D eigenvalue weighted by Gasteiger charge is 2.29. The molecule has 1 aromatic carbocycles. The Morgan fingerprint density at radius 3 is 2.27 bits per heavy atom. The first-order valence-corrected chi connectivity index (χ1v) is 6.87. The molecule has 1 aliphatic rings. The second-order valence-corrected chi connectivity index (χ2v) is 5.23. The highest BCUT2D eigenvalue weighted by Crippen LogP contribution is 2.16. The van der Waals surface area contributed by atoms with Crippen LogP contribution in [0.25, 0.3) is 0 Å². The summed E-state index contributed by atoms with van der Waals surface area (Å²) in [6.07, 6.45) is -0.250. The maximum atomic E-state index is 12.1. The number of morpholine rings is 1. The summed E-state index contributed by atoms with van der Waals surface area (Å²) < 4.78 is 5.51. The van der Waals surface area contributed by atoms with Crippen molar-refractivity contribution in [3.63, 3.8) is 0 Å². The fourth-order valence-electron chi connectivity index (χ4n) is 2.34. The lowest BCUT2D eigenvalue weighted by atomic mass is 10.2. The zero-order valence-corrected chi connectivity index (χ0v) is 12.3. The first-order chi connectivity index (χ1) is 10.4. The lowest BCUT2D eigenvalue weighted by Crippen LogP contribution is -2.51. The highest BCUT2D eigenvalue weighted by molar-refractivity contribution is 6.39. The molecule has 0 saturated carbocycles. The van der Waals surface area contributed by atoms with Crippen LogP contribution < -0.4 is 5.32 Å². The molecule has 22 heavy (non-hydrogen) atoms. The summed E-state index contributed by atoms with van der Waals surface area (Å²) in [6.45, 7) is 4.39. The van der Waals surface area contributed by atoms with Gasteiger partial charge in [0.2, 0.25) is 0 Å². The van der Waals surface area contributed by atoms with E-state index in [1.807, 2.05) is 13.8 Å². The van der Waals surface area contributed by atoms with E-state index in [4.69, 9.17) is 4.74 Å². The lowest BCUT2D eigenvalue weighted by molar-refractivity contribution is -0.384. The quantitative estimate of drug-likeness (QED) is 0.502. The average Bonchev–Trinajstić information content (AvgIpc) is 2.46. The van der Waals surface area contributed by atoms with Crippen LogP contribution in [0.15, 0.2) is 24.3 Å². The SMILES string of the molecule is CC1CN(C(=O)C(=O)Nc2ccc([N+](=O)[O-])cc2)CC(C)O1. The monoisotopic (exact) mass is 307 g/mol. The van der Waals surface area contributed by atoms with Gasteiger partial charge in [-0.05, 0) is 26.0 Å². The van der Waals surface area contributed by atoms with E-state index in [0.717, 1.165) is 0 Å². The Balaban J connectivity index is 1.99. The van der Waals surface area contributed by atoms with Crippen molar-refractivity contribution in [3.05, 3.63) is 34.4 Å². The smallest absolute Gasteiger partial charge is 0.313 e. The van der Waals surface area contributed by atoms with Crippen molar-refractivity contribution in [1.82, 2.24) is 4.90 Å². The molecule has 1 N–H and O–H groups in total. The third-order valence-electron chi connectivity index (χ3n) is 3.24. The topological polar surface area (TPSA) is 102 Å². The van der Waals surface area contributed by atoms with E-state index in [2.05, 4.69) is 5.32 Å². The lowest BCUT2D eigenvalue weighted by Gasteiger charge is -2.34. The molecule has 1 aliphatic heterocycles. The Morgan fingerprint density at radius 1 is 1.23 bits per heavy atom. The van der Waals surface area contributed by atoms with E-state index in [-0.39, 0.29) is 17.9 Å². The Bertz CT molecular complexity index is 577. The molecule has 2 amide bonds. The number of carbonyl (C=O) groups is 2. The summed E-state index contributed by atoms with van der Waals surface area (Å²) in [5.41, 5.74) is 0.249. The minimum absolute atomic E-state index is 0.0832. The summed E-state index contributed by atoms with van der Waals surface area (Å²) in [7, 11) is 0. The molecule has 2 atom stereocenters. The highest BCUT2D eigenvalue weighted by atomic mass is 16.6. The van der Waals surface area contributed by atoms with Crippen LogP contribution in [0.1, 0.15) is 13.8 Å². The van der Waals surface area contributed by atoms with Crippen LogP contribution in [0.3, 0.4) is 0 Å². The largest absolute Gasteiger partial charge is 0.372 e. The Labute approximate surface area is 127 Å². The minimum atomic E-state index is -0.768. The standard InChI is InChI=1S/C14H17N3O5/c1-9-7-16(8-10(2)22-9)14(19)13(18)15-11-3-5-12(6-4-11)17(20)21/h3-6,9-10H,7-8H2,1-2H3,(H,15,18). The number of hydrogen-bond acceptors (Lipinski definition) is 5. The average molecular weight is 307 g/mol. The fourth-order valence-corrected chi connectivity index (χ4v) is 2.34. The second kappa shape index (κ2) is 6.52. The van der Waals surface area contributed by atoms with Crippen molar-refractivity contribution >= 4 is 23.2 Å². The van der Waals surface area contributed by atoms with Gasteiger partial charge in [0, 0.05) is 30.9 Å². The van der Waals surface area contributed by atoms with Gasteiger partial charge in [0.1, 0.15) is 0 Å². The van der Waals surface area contributed by atoms with Crippen molar-refractivity contribution in [2.24, 2.45) is 0 Å². The molecule has 0 bridgehead atoms. The van der Waals surface area contributed by atoms with Crippen LogP contribution in [0, 0.1) is 10.1 Å². The van der Waals surface area contributed by atoms with Gasteiger partial charge in [-0.15, -0.1) is 0 Å². The summed E-state index contributed by atoms with van der Waals surface area (Å²) >= 11 is 0. The number of non-ortho nitro benzene ring substituents is 1. The number of anilines is 1. The molecule has 2 unspecified atom stereocenters.